The van der Waals surface area contributed by atoms with Crippen molar-refractivity contribution in [3.8, 4) is 0 Å². The van der Waals surface area contributed by atoms with Crippen LogP contribution in [0.15, 0.2) is 47.5 Å². The number of nitrogens with zero attached hydrogens (tertiary/aromatic N) is 4. The maximum absolute atomic E-state index is 14.5. The fourth-order valence-corrected chi connectivity index (χ4v) is 4.24. The third-order valence-electron chi connectivity index (χ3n) is 6.19. The second-order valence-corrected chi connectivity index (χ2v) is 8.35. The van der Waals surface area contributed by atoms with E-state index < -0.39 is 5.82 Å². The molecule has 8 heteroatoms. The molecule has 3 heterocycles. The zero-order valence-corrected chi connectivity index (χ0v) is 18.3. The van der Waals surface area contributed by atoms with Crippen molar-refractivity contribution in [2.24, 2.45) is 5.92 Å². The van der Waals surface area contributed by atoms with Gasteiger partial charge >= 0.3 is 0 Å². The standard InChI is InChI=1S/C24H28FN5O2/c1-2-19-16-20(27-28-23(19)31)14-18-4-5-22(25)21(15-18)24(32)29-11-6-17(7-12-29)8-13-30-10-3-9-26-30/h3-5,9-10,15-17H,2,6-8,11-14H2,1H3,(H,28,31). The topological polar surface area (TPSA) is 83.9 Å². The minimum absolute atomic E-state index is 0.0950. The summed E-state index contributed by atoms with van der Waals surface area (Å²) >= 11 is 0. The molecule has 4 rings (SSSR count). The summed E-state index contributed by atoms with van der Waals surface area (Å²) in [6, 6.07) is 8.29. The van der Waals surface area contributed by atoms with Gasteiger partial charge in [0.05, 0.1) is 11.3 Å². The normalized spacial score (nSPS) is 14.6. The van der Waals surface area contributed by atoms with E-state index in [1.165, 1.54) is 6.07 Å². The molecule has 7 nitrogen and oxygen atoms in total. The van der Waals surface area contributed by atoms with E-state index in [0.29, 0.717) is 43.1 Å². The van der Waals surface area contributed by atoms with Crippen LogP contribution in [0.4, 0.5) is 4.39 Å². The van der Waals surface area contributed by atoms with Gasteiger partial charge in [-0.05, 0) is 61.4 Å². The minimum Gasteiger partial charge on any atom is -0.339 e. The average molecular weight is 438 g/mol. The van der Waals surface area contributed by atoms with Gasteiger partial charge in [-0.2, -0.15) is 10.2 Å². The number of aromatic amines is 1. The number of carbonyl (C=O) groups is 1. The number of carbonyl (C=O) groups excluding carboxylic acids is 1. The molecule has 32 heavy (non-hydrogen) atoms. The predicted molar refractivity (Wildman–Crippen MR) is 119 cm³/mol. The molecule has 0 bridgehead atoms. The largest absolute Gasteiger partial charge is 0.339 e. The van der Waals surface area contributed by atoms with Crippen molar-refractivity contribution in [2.45, 2.75) is 45.6 Å². The van der Waals surface area contributed by atoms with E-state index in [1.54, 1.807) is 29.3 Å². The van der Waals surface area contributed by atoms with Gasteiger partial charge in [-0.25, -0.2) is 9.49 Å². The van der Waals surface area contributed by atoms with Crippen LogP contribution >= 0.6 is 0 Å². The lowest BCUT2D eigenvalue weighted by molar-refractivity contribution is 0.0679. The van der Waals surface area contributed by atoms with E-state index in [9.17, 15) is 14.0 Å². The van der Waals surface area contributed by atoms with Crippen molar-refractivity contribution in [2.75, 3.05) is 13.1 Å². The van der Waals surface area contributed by atoms with Gasteiger partial charge in [0.15, 0.2) is 0 Å². The quantitative estimate of drug-likeness (QED) is 0.615. The Morgan fingerprint density at radius 3 is 2.78 bits per heavy atom. The number of hydrogen-bond donors (Lipinski definition) is 1. The molecule has 2 aromatic heterocycles. The van der Waals surface area contributed by atoms with Crippen molar-refractivity contribution in [3.63, 3.8) is 0 Å². The molecule has 0 spiro atoms. The zero-order chi connectivity index (χ0) is 22.5. The molecule has 1 amide bonds. The lowest BCUT2D eigenvalue weighted by Gasteiger charge is -2.32. The predicted octanol–water partition coefficient (Wildman–Crippen LogP) is 3.20. The molecule has 1 saturated heterocycles. The summed E-state index contributed by atoms with van der Waals surface area (Å²) < 4.78 is 16.4. The first-order chi connectivity index (χ1) is 15.5. The summed E-state index contributed by atoms with van der Waals surface area (Å²) in [7, 11) is 0. The number of piperidine rings is 1. The Morgan fingerprint density at radius 1 is 1.25 bits per heavy atom. The third-order valence-corrected chi connectivity index (χ3v) is 6.19. The lowest BCUT2D eigenvalue weighted by atomic mass is 9.93. The first-order valence-corrected chi connectivity index (χ1v) is 11.2. The summed E-state index contributed by atoms with van der Waals surface area (Å²) in [6.45, 7) is 4.05. The highest BCUT2D eigenvalue weighted by atomic mass is 19.1. The van der Waals surface area contributed by atoms with Crippen LogP contribution in [0, 0.1) is 11.7 Å². The second kappa shape index (κ2) is 9.89. The molecule has 0 aliphatic carbocycles. The molecule has 0 saturated carbocycles. The van der Waals surface area contributed by atoms with Crippen molar-refractivity contribution in [1.82, 2.24) is 24.9 Å². The Morgan fingerprint density at radius 2 is 2.06 bits per heavy atom. The molecule has 1 aromatic carbocycles. The summed E-state index contributed by atoms with van der Waals surface area (Å²) in [5, 5.41) is 10.8. The molecule has 1 N–H and O–H groups in total. The highest BCUT2D eigenvalue weighted by Crippen LogP contribution is 2.24. The minimum atomic E-state index is -0.511. The molecular formula is C24H28FN5O2. The van der Waals surface area contributed by atoms with E-state index >= 15 is 0 Å². The van der Waals surface area contributed by atoms with E-state index in [1.807, 2.05) is 23.9 Å². The zero-order valence-electron chi connectivity index (χ0n) is 18.3. The van der Waals surface area contributed by atoms with Crippen LogP contribution in [-0.2, 0) is 19.4 Å². The number of likely N-dealkylation sites (tertiary alicyclic amines) is 1. The van der Waals surface area contributed by atoms with E-state index in [2.05, 4.69) is 15.3 Å². The van der Waals surface area contributed by atoms with E-state index in [0.717, 1.165) is 31.4 Å². The first-order valence-electron chi connectivity index (χ1n) is 11.2. The van der Waals surface area contributed by atoms with Gasteiger partial charge in [0, 0.05) is 44.0 Å². The van der Waals surface area contributed by atoms with Crippen LogP contribution in [0.25, 0.3) is 0 Å². The number of nitrogens with one attached hydrogen (secondary N) is 1. The molecule has 1 aliphatic heterocycles. The van der Waals surface area contributed by atoms with Crippen LogP contribution < -0.4 is 5.56 Å². The number of halogens is 1. The van der Waals surface area contributed by atoms with Gasteiger partial charge in [0.1, 0.15) is 5.82 Å². The average Bonchev–Trinajstić information content (AvgIpc) is 3.34. The van der Waals surface area contributed by atoms with Crippen LogP contribution in [0.2, 0.25) is 0 Å². The molecule has 3 aromatic rings. The molecule has 0 unspecified atom stereocenters. The summed E-state index contributed by atoms with van der Waals surface area (Å²) in [4.78, 5) is 26.5. The Labute approximate surface area is 186 Å². The van der Waals surface area contributed by atoms with Gasteiger partial charge in [0.2, 0.25) is 0 Å². The smallest absolute Gasteiger partial charge is 0.267 e. The molecule has 0 radical (unpaired) electrons. The highest BCUT2D eigenvalue weighted by Gasteiger charge is 2.25. The highest BCUT2D eigenvalue weighted by molar-refractivity contribution is 5.94. The number of amides is 1. The second-order valence-electron chi connectivity index (χ2n) is 8.35. The fourth-order valence-electron chi connectivity index (χ4n) is 4.24. The number of hydrogen-bond acceptors (Lipinski definition) is 4. The third kappa shape index (κ3) is 5.12. The maximum atomic E-state index is 14.5. The van der Waals surface area contributed by atoms with Gasteiger partial charge in [-0.1, -0.05) is 13.0 Å². The fraction of sp³-hybridized carbons (Fsp3) is 0.417. The first kappa shape index (κ1) is 21.9. The molecular weight excluding hydrogens is 409 g/mol. The van der Waals surface area contributed by atoms with E-state index in [4.69, 9.17) is 0 Å². The SMILES string of the molecule is CCc1cc(Cc2ccc(F)c(C(=O)N3CCC(CCn4cccn4)CC3)c2)n[nH]c1=O. The maximum Gasteiger partial charge on any atom is 0.267 e. The lowest BCUT2D eigenvalue weighted by Crippen LogP contribution is -2.39. The Balaban J connectivity index is 1.39. The number of H-pyrrole nitrogens is 1. The Bertz CT molecular complexity index is 1120. The molecule has 1 fully saturated rings. The van der Waals surface area contributed by atoms with Crippen molar-refractivity contribution in [3.05, 3.63) is 81.3 Å². The van der Waals surface area contributed by atoms with Crippen LogP contribution in [0.1, 0.15) is 53.4 Å². The van der Waals surface area contributed by atoms with Crippen LogP contribution in [0.5, 0.6) is 0 Å². The van der Waals surface area contributed by atoms with Gasteiger partial charge in [-0.15, -0.1) is 0 Å². The molecule has 1 aliphatic rings. The molecule has 0 atom stereocenters. The number of benzene rings is 1. The molecule has 168 valence electrons. The van der Waals surface area contributed by atoms with Crippen LogP contribution in [-0.4, -0.2) is 43.9 Å². The Kier molecular flexibility index (Phi) is 6.78. The monoisotopic (exact) mass is 437 g/mol. The summed E-state index contributed by atoms with van der Waals surface area (Å²) in [5.41, 5.74) is 2.02. The Hall–Kier alpha value is -3.29. The van der Waals surface area contributed by atoms with Crippen LogP contribution in [0.3, 0.4) is 0 Å². The number of aryl methyl sites for hydroxylation is 2. The van der Waals surface area contributed by atoms with Gasteiger partial charge < -0.3 is 4.90 Å². The number of aromatic nitrogens is 4. The van der Waals surface area contributed by atoms with Crippen molar-refractivity contribution in [1.29, 1.82) is 0 Å². The summed E-state index contributed by atoms with van der Waals surface area (Å²) in [5.74, 6) is -0.236. The van der Waals surface area contributed by atoms with E-state index in [-0.39, 0.29) is 17.0 Å². The van der Waals surface area contributed by atoms with Crippen molar-refractivity contribution < 1.29 is 9.18 Å². The summed E-state index contributed by atoms with van der Waals surface area (Å²) in [6.07, 6.45) is 7.61. The van der Waals surface area contributed by atoms with Gasteiger partial charge in [-0.3, -0.25) is 14.3 Å². The van der Waals surface area contributed by atoms with Crippen molar-refractivity contribution >= 4 is 5.91 Å². The number of rotatable bonds is 7. The van der Waals surface area contributed by atoms with Gasteiger partial charge in [0.25, 0.3) is 11.5 Å².